The van der Waals surface area contributed by atoms with Crippen LogP contribution in [0.3, 0.4) is 0 Å². The predicted molar refractivity (Wildman–Crippen MR) is 149 cm³/mol. The monoisotopic (exact) mass is 654 g/mol. The molecule has 15 heteroatoms. The highest BCUT2D eigenvalue weighted by Crippen LogP contribution is 2.36. The number of benzene rings is 3. The number of phenols is 1. The fraction of sp³-hybridized carbons (Fsp3) is 0.333. The lowest BCUT2D eigenvalue weighted by Crippen LogP contribution is -2.48. The van der Waals surface area contributed by atoms with Crippen molar-refractivity contribution in [2.45, 2.75) is 49.1 Å². The molecule has 2 aliphatic heterocycles. The highest BCUT2D eigenvalue weighted by Gasteiger charge is 2.44. The lowest BCUT2D eigenvalue weighted by atomic mass is 9.91. The first-order chi connectivity index (χ1) is 21.3. The van der Waals surface area contributed by atoms with Crippen LogP contribution in [0.1, 0.15) is 53.1 Å². The summed E-state index contributed by atoms with van der Waals surface area (Å²) >= 11 is 0. The number of sulfonamides is 1. The second-order valence-corrected chi connectivity index (χ2v) is 12.5. The van der Waals surface area contributed by atoms with Gasteiger partial charge in [-0.05, 0) is 61.4 Å². The summed E-state index contributed by atoms with van der Waals surface area (Å²) in [7, 11) is -5.89. The molecule has 2 aliphatic rings. The van der Waals surface area contributed by atoms with Gasteiger partial charge in [-0.1, -0.05) is 24.3 Å². The molecule has 9 nitrogen and oxygen atoms in total. The van der Waals surface area contributed by atoms with Crippen LogP contribution in [0.2, 0.25) is 0 Å². The van der Waals surface area contributed by atoms with Crippen molar-refractivity contribution in [1.29, 1.82) is 0 Å². The summed E-state index contributed by atoms with van der Waals surface area (Å²) in [4.78, 5) is 24.7. The number of hydrogen-bond donors (Lipinski definition) is 2. The van der Waals surface area contributed by atoms with E-state index < -0.39 is 78.9 Å². The Kier molecular flexibility index (Phi) is 9.14. The van der Waals surface area contributed by atoms with Crippen LogP contribution in [0.15, 0.2) is 47.4 Å². The first-order valence-electron chi connectivity index (χ1n) is 13.9. The van der Waals surface area contributed by atoms with E-state index in [2.05, 4.69) is 0 Å². The fourth-order valence-electron chi connectivity index (χ4n) is 5.71. The zero-order chi connectivity index (χ0) is 32.6. The third-order valence-electron chi connectivity index (χ3n) is 8.02. The minimum absolute atomic E-state index is 0.0707. The Morgan fingerprint density at radius 2 is 1.49 bits per heavy atom. The number of aromatic carboxylic acids is 1. The third-order valence-corrected chi connectivity index (χ3v) is 9.77. The molecule has 0 radical (unpaired) electrons. The molecule has 5 rings (SSSR count). The van der Waals surface area contributed by atoms with Gasteiger partial charge in [-0.25, -0.2) is 39.5 Å². The molecular weight excluding hydrogens is 627 g/mol. The number of halogens is 5. The number of aromatic hydroxyl groups is 1. The number of carbonyl (C=O) groups is 2. The molecule has 240 valence electrons. The number of hydrogen-bond acceptors (Lipinski definition) is 7. The maximum Gasteiger partial charge on any atom is 0.339 e. The van der Waals surface area contributed by atoms with Crippen molar-refractivity contribution in [3.8, 4) is 5.75 Å². The molecule has 0 aliphatic carbocycles. The second kappa shape index (κ2) is 12.7. The average molecular weight is 655 g/mol. The Labute approximate surface area is 254 Å². The van der Waals surface area contributed by atoms with Crippen molar-refractivity contribution < 1.29 is 54.9 Å². The highest BCUT2D eigenvalue weighted by atomic mass is 32.2. The lowest BCUT2D eigenvalue weighted by molar-refractivity contribution is -0.121. The number of likely N-dealkylation sites (tertiary alicyclic amines) is 1. The Hall–Kier alpha value is -4.08. The van der Waals surface area contributed by atoms with Crippen LogP contribution < -0.4 is 4.31 Å². The molecule has 2 saturated heterocycles. The van der Waals surface area contributed by atoms with Crippen LogP contribution in [0, 0.1) is 29.1 Å². The van der Waals surface area contributed by atoms with Crippen molar-refractivity contribution >= 4 is 27.6 Å². The molecule has 0 saturated carbocycles. The number of carboxylic acid groups (broad SMARTS) is 1. The van der Waals surface area contributed by atoms with E-state index in [1.165, 1.54) is 0 Å². The second-order valence-electron chi connectivity index (χ2n) is 10.8. The topological polar surface area (TPSA) is 124 Å². The largest absolute Gasteiger partial charge is 0.507 e. The maximum atomic E-state index is 14.8. The van der Waals surface area contributed by atoms with Crippen LogP contribution in [-0.2, 0) is 26.1 Å². The van der Waals surface area contributed by atoms with E-state index in [9.17, 15) is 50.2 Å². The molecule has 0 spiro atoms. The van der Waals surface area contributed by atoms with Gasteiger partial charge in [0, 0.05) is 25.8 Å². The van der Waals surface area contributed by atoms with E-state index >= 15 is 0 Å². The Morgan fingerprint density at radius 1 is 0.889 bits per heavy atom. The SMILES string of the molecule is O=C(O)c1ccc(N(C(=O)C2CCCN2Cc2ccc(C3CCOCC3)cc2)S(=O)(=O)c2c(F)c(F)c(F)c(F)c2F)cc1O. The van der Waals surface area contributed by atoms with Crippen molar-refractivity contribution in [2.75, 3.05) is 24.1 Å². The molecular formula is C30H27F5N2O7S. The van der Waals surface area contributed by atoms with Crippen molar-refractivity contribution in [2.24, 2.45) is 0 Å². The standard InChI is InChI=1S/C30H27F5N2O7S/c31-23-24(32)26(34)28(27(35)25(23)33)45(42,43)37(19-7-8-20(30(40)41)22(38)14-19)29(39)21-2-1-11-36(21)15-16-3-5-17(6-4-16)18-9-12-44-13-10-18/h3-8,14,18,21,38H,1-2,9-13,15H2,(H,40,41). The zero-order valence-electron chi connectivity index (χ0n) is 23.5. The van der Waals surface area contributed by atoms with Gasteiger partial charge in [0.2, 0.25) is 5.82 Å². The number of carboxylic acids is 1. The van der Waals surface area contributed by atoms with Gasteiger partial charge in [0.15, 0.2) is 28.2 Å². The van der Waals surface area contributed by atoms with Crippen molar-refractivity contribution in [3.05, 3.63) is 88.2 Å². The van der Waals surface area contributed by atoms with Gasteiger partial charge in [0.05, 0.1) is 11.7 Å². The first-order valence-corrected chi connectivity index (χ1v) is 15.3. The zero-order valence-corrected chi connectivity index (χ0v) is 24.3. The molecule has 2 fully saturated rings. The molecule has 3 aromatic rings. The summed E-state index contributed by atoms with van der Waals surface area (Å²) < 4.78 is 104. The van der Waals surface area contributed by atoms with Crippen LogP contribution >= 0.6 is 0 Å². The molecule has 1 unspecified atom stereocenters. The molecule has 45 heavy (non-hydrogen) atoms. The van der Waals surface area contributed by atoms with Gasteiger partial charge in [0.1, 0.15) is 11.3 Å². The minimum atomic E-state index is -5.89. The summed E-state index contributed by atoms with van der Waals surface area (Å²) in [6.07, 6.45) is 2.22. The number of nitrogens with zero attached hydrogens (tertiary/aromatic N) is 2. The normalized spacial score (nSPS) is 17.8. The molecule has 3 aromatic carbocycles. The number of amides is 1. The van der Waals surface area contributed by atoms with Crippen LogP contribution in [0.4, 0.5) is 27.6 Å². The summed E-state index contributed by atoms with van der Waals surface area (Å²) in [5, 5.41) is 19.5. The molecule has 1 amide bonds. The molecule has 2 N–H and O–H groups in total. The fourth-order valence-corrected chi connectivity index (χ4v) is 7.27. The Balaban J connectivity index is 1.53. The molecule has 1 atom stereocenters. The van der Waals surface area contributed by atoms with E-state index in [0.717, 1.165) is 36.1 Å². The van der Waals surface area contributed by atoms with Gasteiger partial charge in [-0.3, -0.25) is 9.69 Å². The van der Waals surface area contributed by atoms with E-state index in [4.69, 9.17) is 4.74 Å². The molecule has 2 heterocycles. The van der Waals surface area contributed by atoms with Crippen LogP contribution in [0.25, 0.3) is 0 Å². The quantitative estimate of drug-likeness (QED) is 0.196. The van der Waals surface area contributed by atoms with Crippen molar-refractivity contribution in [1.82, 2.24) is 4.90 Å². The van der Waals surface area contributed by atoms with E-state index in [1.54, 1.807) is 4.90 Å². The number of rotatable bonds is 8. The first kappa shape index (κ1) is 32.3. The Bertz CT molecular complexity index is 1720. The van der Waals surface area contributed by atoms with Gasteiger partial charge in [-0.15, -0.1) is 0 Å². The summed E-state index contributed by atoms with van der Waals surface area (Å²) in [5.74, 6) is -16.7. The Morgan fingerprint density at radius 3 is 2.07 bits per heavy atom. The maximum absolute atomic E-state index is 14.8. The summed E-state index contributed by atoms with van der Waals surface area (Å²) in [5.41, 5.74) is 0.398. The third kappa shape index (κ3) is 6.11. The van der Waals surface area contributed by atoms with Gasteiger partial charge in [-0.2, -0.15) is 0 Å². The minimum Gasteiger partial charge on any atom is -0.507 e. The van der Waals surface area contributed by atoms with Gasteiger partial charge >= 0.3 is 5.97 Å². The van der Waals surface area contributed by atoms with Gasteiger partial charge in [0.25, 0.3) is 15.9 Å². The predicted octanol–water partition coefficient (Wildman–Crippen LogP) is 5.07. The molecule has 0 aromatic heterocycles. The van der Waals surface area contributed by atoms with Crippen LogP contribution in [0.5, 0.6) is 5.75 Å². The molecule has 0 bridgehead atoms. The highest BCUT2D eigenvalue weighted by molar-refractivity contribution is 7.93. The van der Waals surface area contributed by atoms with Gasteiger partial charge < -0.3 is 14.9 Å². The lowest BCUT2D eigenvalue weighted by Gasteiger charge is -2.30. The number of carbonyl (C=O) groups excluding carboxylic acids is 1. The average Bonchev–Trinajstić information content (AvgIpc) is 3.48. The number of ether oxygens (including phenoxy) is 1. The van der Waals surface area contributed by atoms with E-state index in [1.807, 2.05) is 24.3 Å². The van der Waals surface area contributed by atoms with E-state index in [-0.39, 0.29) is 17.3 Å². The van der Waals surface area contributed by atoms with Crippen LogP contribution in [-0.4, -0.2) is 61.2 Å². The van der Waals surface area contributed by atoms with Crippen molar-refractivity contribution in [3.63, 3.8) is 0 Å². The smallest absolute Gasteiger partial charge is 0.339 e. The van der Waals surface area contributed by atoms with E-state index in [0.29, 0.717) is 38.2 Å². The summed E-state index contributed by atoms with van der Waals surface area (Å²) in [6.45, 7) is 1.78. The number of anilines is 1. The summed E-state index contributed by atoms with van der Waals surface area (Å²) in [6, 6.07) is 8.41.